The standard InChI is InChI=1S/C15H12N2/c1-3-11-4-2-6-13-14(17-8-7-16-10-17)9-12(5-1)15(11)13/h1-8,10,14H,9H2. The molecule has 0 fully saturated rings. The summed E-state index contributed by atoms with van der Waals surface area (Å²) in [6.45, 7) is 0. The minimum absolute atomic E-state index is 0.415. The lowest BCUT2D eigenvalue weighted by atomic mass is 10.0. The summed E-state index contributed by atoms with van der Waals surface area (Å²) >= 11 is 0. The Morgan fingerprint density at radius 3 is 2.82 bits per heavy atom. The minimum atomic E-state index is 0.415. The highest BCUT2D eigenvalue weighted by Gasteiger charge is 2.24. The number of rotatable bonds is 1. The van der Waals surface area contributed by atoms with E-state index in [1.165, 1.54) is 21.9 Å². The van der Waals surface area contributed by atoms with Gasteiger partial charge in [0.05, 0.1) is 12.4 Å². The normalized spacial score (nSPS) is 17.8. The van der Waals surface area contributed by atoms with E-state index in [1.807, 2.05) is 12.5 Å². The Morgan fingerprint density at radius 1 is 1.12 bits per heavy atom. The first-order valence-corrected chi connectivity index (χ1v) is 5.91. The van der Waals surface area contributed by atoms with Crippen molar-refractivity contribution in [2.45, 2.75) is 12.5 Å². The summed E-state index contributed by atoms with van der Waals surface area (Å²) < 4.78 is 2.20. The zero-order chi connectivity index (χ0) is 11.2. The van der Waals surface area contributed by atoms with Gasteiger partial charge in [0.2, 0.25) is 0 Å². The van der Waals surface area contributed by atoms with Crippen LogP contribution >= 0.6 is 0 Å². The van der Waals surface area contributed by atoms with Crippen LogP contribution < -0.4 is 0 Å². The van der Waals surface area contributed by atoms with Gasteiger partial charge in [0.1, 0.15) is 0 Å². The zero-order valence-electron chi connectivity index (χ0n) is 9.38. The first-order valence-electron chi connectivity index (χ1n) is 5.91. The Kier molecular flexibility index (Phi) is 1.69. The van der Waals surface area contributed by atoms with Crippen LogP contribution in [0, 0.1) is 0 Å². The van der Waals surface area contributed by atoms with Gasteiger partial charge in [-0.3, -0.25) is 0 Å². The summed E-state index contributed by atoms with van der Waals surface area (Å²) in [6, 6.07) is 13.6. The number of aromatic nitrogens is 2. The summed E-state index contributed by atoms with van der Waals surface area (Å²) in [7, 11) is 0. The average molecular weight is 220 g/mol. The Morgan fingerprint density at radius 2 is 2.00 bits per heavy atom. The molecule has 1 heterocycles. The molecule has 1 atom stereocenters. The van der Waals surface area contributed by atoms with E-state index >= 15 is 0 Å². The molecule has 1 aliphatic rings. The number of imidazole rings is 1. The molecule has 0 saturated carbocycles. The molecule has 17 heavy (non-hydrogen) atoms. The molecule has 0 radical (unpaired) electrons. The maximum Gasteiger partial charge on any atom is 0.0951 e. The molecule has 0 bridgehead atoms. The summed E-state index contributed by atoms with van der Waals surface area (Å²) in [4.78, 5) is 4.16. The third-order valence-corrected chi connectivity index (χ3v) is 3.68. The molecule has 0 amide bonds. The van der Waals surface area contributed by atoms with Crippen molar-refractivity contribution in [2.24, 2.45) is 0 Å². The second-order valence-corrected chi connectivity index (χ2v) is 4.59. The lowest BCUT2D eigenvalue weighted by Crippen LogP contribution is -2.06. The van der Waals surface area contributed by atoms with Gasteiger partial charge < -0.3 is 4.57 Å². The molecule has 0 N–H and O–H groups in total. The van der Waals surface area contributed by atoms with E-state index in [0.717, 1.165) is 6.42 Å². The highest BCUT2D eigenvalue weighted by molar-refractivity contribution is 5.91. The van der Waals surface area contributed by atoms with Crippen LogP contribution in [0.4, 0.5) is 0 Å². The van der Waals surface area contributed by atoms with Crippen molar-refractivity contribution in [1.29, 1.82) is 0 Å². The molecule has 0 spiro atoms. The number of benzene rings is 2. The molecule has 0 aliphatic heterocycles. The molecule has 1 unspecified atom stereocenters. The van der Waals surface area contributed by atoms with Gasteiger partial charge in [0, 0.05) is 12.4 Å². The van der Waals surface area contributed by atoms with Crippen LogP contribution in [0.3, 0.4) is 0 Å². The highest BCUT2D eigenvalue weighted by Crippen LogP contribution is 2.38. The Hall–Kier alpha value is -2.09. The van der Waals surface area contributed by atoms with Crippen molar-refractivity contribution < 1.29 is 0 Å². The van der Waals surface area contributed by atoms with Gasteiger partial charge in [-0.25, -0.2) is 4.98 Å². The first kappa shape index (κ1) is 8.99. The van der Waals surface area contributed by atoms with Crippen molar-refractivity contribution >= 4 is 10.8 Å². The predicted octanol–water partition coefficient (Wildman–Crippen LogP) is 3.18. The molecule has 3 aromatic rings. The summed E-state index contributed by atoms with van der Waals surface area (Å²) in [5.74, 6) is 0. The van der Waals surface area contributed by atoms with E-state index in [4.69, 9.17) is 0 Å². The summed E-state index contributed by atoms with van der Waals surface area (Å²) in [5, 5.41) is 2.79. The monoisotopic (exact) mass is 220 g/mol. The quantitative estimate of drug-likeness (QED) is 0.616. The average Bonchev–Trinajstić information content (AvgIpc) is 2.98. The molecule has 2 aromatic carbocycles. The van der Waals surface area contributed by atoms with E-state index < -0.39 is 0 Å². The van der Waals surface area contributed by atoms with Gasteiger partial charge in [0.25, 0.3) is 0 Å². The Labute approximate surface area is 99.5 Å². The molecule has 2 nitrogen and oxygen atoms in total. The van der Waals surface area contributed by atoms with Crippen molar-refractivity contribution in [1.82, 2.24) is 9.55 Å². The molecule has 4 rings (SSSR count). The molecule has 1 aromatic heterocycles. The molecule has 1 aliphatic carbocycles. The van der Waals surface area contributed by atoms with E-state index in [1.54, 1.807) is 0 Å². The molecular weight excluding hydrogens is 208 g/mol. The fourth-order valence-corrected chi connectivity index (χ4v) is 2.94. The maximum absolute atomic E-state index is 4.16. The zero-order valence-corrected chi connectivity index (χ0v) is 9.38. The SMILES string of the molecule is c1cc2c3c(cccc3c1)C(n1ccnc1)C2. The second kappa shape index (κ2) is 3.20. The molecule has 0 saturated heterocycles. The van der Waals surface area contributed by atoms with E-state index in [0.29, 0.717) is 6.04 Å². The molecule has 2 heteroatoms. The lowest BCUT2D eigenvalue weighted by Gasteiger charge is -2.12. The van der Waals surface area contributed by atoms with Gasteiger partial charge in [0.15, 0.2) is 0 Å². The second-order valence-electron chi connectivity index (χ2n) is 4.59. The Bertz CT molecular complexity index is 678. The summed E-state index contributed by atoms with van der Waals surface area (Å²) in [5.41, 5.74) is 2.88. The fourth-order valence-electron chi connectivity index (χ4n) is 2.94. The first-order chi connectivity index (χ1) is 8.43. The van der Waals surface area contributed by atoms with Crippen LogP contribution in [-0.2, 0) is 6.42 Å². The van der Waals surface area contributed by atoms with Gasteiger partial charge in [-0.15, -0.1) is 0 Å². The smallest absolute Gasteiger partial charge is 0.0951 e. The largest absolute Gasteiger partial charge is 0.330 e. The predicted molar refractivity (Wildman–Crippen MR) is 68.0 cm³/mol. The van der Waals surface area contributed by atoms with Crippen molar-refractivity contribution in [3.05, 3.63) is 66.2 Å². The fraction of sp³-hybridized carbons (Fsp3) is 0.133. The van der Waals surface area contributed by atoms with Gasteiger partial charge >= 0.3 is 0 Å². The third-order valence-electron chi connectivity index (χ3n) is 3.68. The van der Waals surface area contributed by atoms with Crippen LogP contribution in [0.1, 0.15) is 17.2 Å². The highest BCUT2D eigenvalue weighted by atomic mass is 15.1. The van der Waals surface area contributed by atoms with E-state index in [-0.39, 0.29) is 0 Å². The van der Waals surface area contributed by atoms with Crippen molar-refractivity contribution in [3.63, 3.8) is 0 Å². The van der Waals surface area contributed by atoms with Gasteiger partial charge in [-0.2, -0.15) is 0 Å². The maximum atomic E-state index is 4.16. The van der Waals surface area contributed by atoms with Crippen molar-refractivity contribution in [3.8, 4) is 0 Å². The van der Waals surface area contributed by atoms with Gasteiger partial charge in [-0.1, -0.05) is 36.4 Å². The van der Waals surface area contributed by atoms with Crippen LogP contribution in [0.5, 0.6) is 0 Å². The van der Waals surface area contributed by atoms with E-state index in [9.17, 15) is 0 Å². The molecule has 82 valence electrons. The van der Waals surface area contributed by atoms with Crippen molar-refractivity contribution in [2.75, 3.05) is 0 Å². The summed E-state index contributed by atoms with van der Waals surface area (Å²) in [6.07, 6.45) is 6.89. The number of hydrogen-bond acceptors (Lipinski definition) is 1. The van der Waals surface area contributed by atoms with E-state index in [2.05, 4.69) is 52.1 Å². The van der Waals surface area contributed by atoms with Crippen LogP contribution in [0.2, 0.25) is 0 Å². The van der Waals surface area contributed by atoms with Gasteiger partial charge in [-0.05, 0) is 28.3 Å². The van der Waals surface area contributed by atoms with Crippen LogP contribution in [-0.4, -0.2) is 9.55 Å². The number of hydrogen-bond donors (Lipinski definition) is 0. The topological polar surface area (TPSA) is 17.8 Å². The minimum Gasteiger partial charge on any atom is -0.330 e. The van der Waals surface area contributed by atoms with Crippen LogP contribution in [0.15, 0.2) is 55.1 Å². The third kappa shape index (κ3) is 1.18. The number of nitrogens with zero attached hydrogens (tertiary/aromatic N) is 2. The molecular formula is C15H12N2. The van der Waals surface area contributed by atoms with Crippen LogP contribution in [0.25, 0.3) is 10.8 Å². The lowest BCUT2D eigenvalue weighted by molar-refractivity contribution is 0.602. The Balaban J connectivity index is 2.01.